The number of benzene rings is 1. The molecule has 0 bridgehead atoms. The Hall–Kier alpha value is -1.72. The van der Waals surface area contributed by atoms with E-state index < -0.39 is 4.92 Å². The third-order valence-corrected chi connectivity index (χ3v) is 3.01. The smallest absolute Gasteiger partial charge is 0.269 e. The van der Waals surface area contributed by atoms with Crippen LogP contribution in [0.25, 0.3) is 0 Å². The van der Waals surface area contributed by atoms with E-state index in [9.17, 15) is 10.1 Å². The van der Waals surface area contributed by atoms with Crippen molar-refractivity contribution >= 4 is 5.69 Å². The fraction of sp³-hybridized carbons (Fsp3) is 0.385. The van der Waals surface area contributed by atoms with Crippen molar-refractivity contribution in [3.63, 3.8) is 0 Å². The molecule has 5 nitrogen and oxygen atoms in total. The van der Waals surface area contributed by atoms with Crippen LogP contribution < -0.4 is 0 Å². The van der Waals surface area contributed by atoms with E-state index in [-0.39, 0.29) is 11.8 Å². The summed E-state index contributed by atoms with van der Waals surface area (Å²) in [5.41, 5.74) is 1.09. The van der Waals surface area contributed by atoms with Crippen molar-refractivity contribution in [3.8, 4) is 0 Å². The van der Waals surface area contributed by atoms with Gasteiger partial charge in [-0.1, -0.05) is 6.08 Å². The predicted octanol–water partition coefficient (Wildman–Crippen LogP) is 2.15. The number of nitrogens with zero attached hydrogens (tertiary/aromatic N) is 2. The Labute approximate surface area is 106 Å². The molecule has 0 N–H and O–H groups in total. The fourth-order valence-electron chi connectivity index (χ4n) is 2.06. The zero-order valence-corrected chi connectivity index (χ0v) is 10.1. The number of nitro groups is 1. The summed E-state index contributed by atoms with van der Waals surface area (Å²) in [7, 11) is 0. The Morgan fingerprint density at radius 3 is 2.83 bits per heavy atom. The molecule has 0 saturated carbocycles. The van der Waals surface area contributed by atoms with Crippen LogP contribution in [0.15, 0.2) is 36.9 Å². The molecule has 1 saturated heterocycles. The Bertz CT molecular complexity index is 430. The lowest BCUT2D eigenvalue weighted by atomic mass is 10.1. The van der Waals surface area contributed by atoms with Crippen molar-refractivity contribution in [2.45, 2.75) is 6.10 Å². The summed E-state index contributed by atoms with van der Waals surface area (Å²) in [4.78, 5) is 12.4. The monoisotopic (exact) mass is 248 g/mol. The highest BCUT2D eigenvalue weighted by Gasteiger charge is 2.21. The summed E-state index contributed by atoms with van der Waals surface area (Å²) in [6, 6.07) is 6.57. The van der Waals surface area contributed by atoms with Gasteiger partial charge < -0.3 is 4.74 Å². The molecule has 5 heteroatoms. The average Bonchev–Trinajstić information content (AvgIpc) is 2.39. The normalized spacial score (nSPS) is 20.6. The van der Waals surface area contributed by atoms with E-state index in [1.54, 1.807) is 12.1 Å². The third kappa shape index (κ3) is 2.94. The van der Waals surface area contributed by atoms with Gasteiger partial charge in [0.05, 0.1) is 17.6 Å². The lowest BCUT2D eigenvalue weighted by Gasteiger charge is -2.32. The van der Waals surface area contributed by atoms with E-state index in [4.69, 9.17) is 4.74 Å². The van der Waals surface area contributed by atoms with Crippen molar-refractivity contribution in [1.82, 2.24) is 4.90 Å². The second-order valence-electron chi connectivity index (χ2n) is 4.26. The van der Waals surface area contributed by atoms with Crippen molar-refractivity contribution in [3.05, 3.63) is 52.6 Å². The van der Waals surface area contributed by atoms with Gasteiger partial charge in [-0.2, -0.15) is 0 Å². The van der Waals surface area contributed by atoms with E-state index in [0.29, 0.717) is 6.61 Å². The molecule has 0 amide bonds. The van der Waals surface area contributed by atoms with Crippen molar-refractivity contribution in [2.24, 2.45) is 0 Å². The summed E-state index contributed by atoms with van der Waals surface area (Å²) in [5, 5.41) is 10.6. The summed E-state index contributed by atoms with van der Waals surface area (Å²) in [6.45, 7) is 6.94. The highest BCUT2D eigenvalue weighted by Crippen LogP contribution is 2.24. The molecule has 1 fully saturated rings. The van der Waals surface area contributed by atoms with Gasteiger partial charge in [-0.3, -0.25) is 15.0 Å². The third-order valence-electron chi connectivity index (χ3n) is 3.01. The van der Waals surface area contributed by atoms with Crippen LogP contribution in [-0.2, 0) is 4.74 Å². The predicted molar refractivity (Wildman–Crippen MR) is 68.4 cm³/mol. The molecule has 1 aliphatic heterocycles. The van der Waals surface area contributed by atoms with Crippen LogP contribution in [0.4, 0.5) is 5.69 Å². The molecule has 1 atom stereocenters. The second-order valence-corrected chi connectivity index (χ2v) is 4.26. The number of nitro benzene ring substituents is 1. The van der Waals surface area contributed by atoms with Crippen molar-refractivity contribution < 1.29 is 9.66 Å². The lowest BCUT2D eigenvalue weighted by Crippen LogP contribution is -2.38. The highest BCUT2D eigenvalue weighted by atomic mass is 16.6. The number of hydrogen-bond acceptors (Lipinski definition) is 4. The highest BCUT2D eigenvalue weighted by molar-refractivity contribution is 5.34. The molecule has 0 aromatic heterocycles. The Morgan fingerprint density at radius 1 is 1.50 bits per heavy atom. The second kappa shape index (κ2) is 5.75. The van der Waals surface area contributed by atoms with Crippen LogP contribution in [0, 0.1) is 10.1 Å². The molecule has 1 aliphatic rings. The summed E-state index contributed by atoms with van der Waals surface area (Å²) < 4.78 is 5.70. The summed E-state index contributed by atoms with van der Waals surface area (Å²) >= 11 is 0. The molecule has 1 heterocycles. The van der Waals surface area contributed by atoms with Gasteiger partial charge in [-0.25, -0.2) is 0 Å². The molecule has 0 spiro atoms. The van der Waals surface area contributed by atoms with Gasteiger partial charge in [0.2, 0.25) is 0 Å². The van der Waals surface area contributed by atoms with Gasteiger partial charge in [-0.15, -0.1) is 6.58 Å². The molecule has 0 radical (unpaired) electrons. The number of rotatable bonds is 4. The minimum Gasteiger partial charge on any atom is -0.371 e. The topological polar surface area (TPSA) is 55.6 Å². The fourth-order valence-corrected chi connectivity index (χ4v) is 2.06. The molecule has 0 aliphatic carbocycles. The maximum atomic E-state index is 10.6. The van der Waals surface area contributed by atoms with E-state index in [2.05, 4.69) is 11.5 Å². The van der Waals surface area contributed by atoms with Gasteiger partial charge in [0.25, 0.3) is 5.69 Å². The standard InChI is InChI=1S/C13H16N2O3/c1-2-7-14-8-9-18-13(10-14)11-3-5-12(6-4-11)15(16)17/h2-6,13H,1,7-10H2/t13-/m1/s1. The number of non-ortho nitro benzene ring substituents is 1. The van der Waals surface area contributed by atoms with Crippen molar-refractivity contribution in [2.75, 3.05) is 26.2 Å². The molecule has 2 rings (SSSR count). The number of morpholine rings is 1. The van der Waals surface area contributed by atoms with Gasteiger partial charge >= 0.3 is 0 Å². The first kappa shape index (κ1) is 12.7. The first-order valence-electron chi connectivity index (χ1n) is 5.90. The molecule has 1 aromatic carbocycles. The van der Waals surface area contributed by atoms with Crippen LogP contribution in [0.5, 0.6) is 0 Å². The van der Waals surface area contributed by atoms with Gasteiger partial charge in [0, 0.05) is 31.8 Å². The quantitative estimate of drug-likeness (QED) is 0.465. The van der Waals surface area contributed by atoms with Crippen molar-refractivity contribution in [1.29, 1.82) is 0 Å². The van der Waals surface area contributed by atoms with Crippen LogP contribution in [-0.4, -0.2) is 36.1 Å². The van der Waals surface area contributed by atoms with E-state index in [0.717, 1.165) is 25.2 Å². The molecule has 0 unspecified atom stereocenters. The summed E-state index contributed by atoms with van der Waals surface area (Å²) in [5.74, 6) is 0. The van der Waals surface area contributed by atoms with E-state index in [1.165, 1.54) is 12.1 Å². The van der Waals surface area contributed by atoms with E-state index >= 15 is 0 Å². The minimum atomic E-state index is -0.393. The van der Waals surface area contributed by atoms with Gasteiger partial charge in [0.15, 0.2) is 0 Å². The van der Waals surface area contributed by atoms with Crippen LogP contribution in [0.1, 0.15) is 11.7 Å². The summed E-state index contributed by atoms with van der Waals surface area (Å²) in [6.07, 6.45) is 1.86. The molecule has 18 heavy (non-hydrogen) atoms. The van der Waals surface area contributed by atoms with Gasteiger partial charge in [0.1, 0.15) is 0 Å². The minimum absolute atomic E-state index is 0.0143. The largest absolute Gasteiger partial charge is 0.371 e. The number of hydrogen-bond donors (Lipinski definition) is 0. The first-order chi connectivity index (χ1) is 8.70. The Balaban J connectivity index is 2.06. The van der Waals surface area contributed by atoms with Crippen LogP contribution in [0.2, 0.25) is 0 Å². The molecule has 96 valence electrons. The van der Waals surface area contributed by atoms with Crippen LogP contribution >= 0.6 is 0 Å². The lowest BCUT2D eigenvalue weighted by molar-refractivity contribution is -0.384. The zero-order valence-electron chi connectivity index (χ0n) is 10.1. The SMILES string of the molecule is C=CCN1CCO[C@@H](c2ccc([N+](=O)[O-])cc2)C1. The maximum absolute atomic E-state index is 10.6. The number of ether oxygens (including phenoxy) is 1. The first-order valence-corrected chi connectivity index (χ1v) is 5.90. The molecular weight excluding hydrogens is 232 g/mol. The molecular formula is C13H16N2O3. The Kier molecular flexibility index (Phi) is 4.07. The van der Waals surface area contributed by atoms with Crippen LogP contribution in [0.3, 0.4) is 0 Å². The average molecular weight is 248 g/mol. The molecule has 1 aromatic rings. The maximum Gasteiger partial charge on any atom is 0.269 e. The van der Waals surface area contributed by atoms with Gasteiger partial charge in [-0.05, 0) is 17.7 Å². The zero-order chi connectivity index (χ0) is 13.0. The Morgan fingerprint density at radius 2 is 2.22 bits per heavy atom. The van der Waals surface area contributed by atoms with E-state index in [1.807, 2.05) is 6.08 Å².